The van der Waals surface area contributed by atoms with Gasteiger partial charge in [0.1, 0.15) is 17.5 Å². The molecule has 0 bridgehead atoms. The van der Waals surface area contributed by atoms with E-state index >= 15 is 0 Å². The van der Waals surface area contributed by atoms with Gasteiger partial charge in [-0.1, -0.05) is 45.0 Å². The number of anilines is 2. The Bertz CT molecular complexity index is 1440. The Morgan fingerprint density at radius 1 is 1.00 bits per heavy atom. The van der Waals surface area contributed by atoms with E-state index in [1.54, 1.807) is 16.8 Å². The molecule has 7 nitrogen and oxygen atoms in total. The van der Waals surface area contributed by atoms with Crippen molar-refractivity contribution in [1.29, 1.82) is 0 Å². The van der Waals surface area contributed by atoms with Gasteiger partial charge in [0, 0.05) is 17.5 Å². The number of benzene rings is 3. The van der Waals surface area contributed by atoms with Gasteiger partial charge in [0.2, 0.25) is 5.91 Å². The largest absolute Gasteiger partial charge is 0.369 e. The summed E-state index contributed by atoms with van der Waals surface area (Å²) in [4.78, 5) is 24.4. The number of nitrogens with two attached hydrogens (primary N) is 1. The maximum atomic E-state index is 14.0. The fourth-order valence-corrected chi connectivity index (χ4v) is 3.72. The first-order chi connectivity index (χ1) is 16.5. The van der Waals surface area contributed by atoms with Crippen molar-refractivity contribution >= 4 is 34.2 Å². The lowest BCUT2D eigenvalue weighted by atomic mass is 9.92. The number of halogens is 2. The molecular formula is C26H25F2N5O2. The maximum Gasteiger partial charge on any atom is 0.324 e. The fourth-order valence-electron chi connectivity index (χ4n) is 3.72. The molecule has 180 valence electrons. The number of hydrogen-bond acceptors (Lipinski definition) is 3. The Balaban J connectivity index is 1.76. The molecule has 0 aliphatic rings. The first-order valence-corrected chi connectivity index (χ1v) is 11.0. The fraction of sp³-hybridized carbons (Fsp3) is 0.192. The molecule has 1 aromatic heterocycles. The van der Waals surface area contributed by atoms with Gasteiger partial charge < -0.3 is 11.1 Å². The van der Waals surface area contributed by atoms with Crippen LogP contribution in [-0.4, -0.2) is 21.7 Å². The minimum atomic E-state index is -0.894. The van der Waals surface area contributed by atoms with Crippen LogP contribution in [0.25, 0.3) is 16.5 Å². The van der Waals surface area contributed by atoms with Crippen molar-refractivity contribution in [1.82, 2.24) is 9.78 Å². The van der Waals surface area contributed by atoms with Crippen molar-refractivity contribution < 1.29 is 18.4 Å². The molecule has 0 fully saturated rings. The van der Waals surface area contributed by atoms with E-state index in [0.29, 0.717) is 23.3 Å². The molecule has 0 spiro atoms. The molecule has 0 aliphatic heterocycles. The van der Waals surface area contributed by atoms with Crippen molar-refractivity contribution in [2.24, 2.45) is 5.73 Å². The Labute approximate surface area is 200 Å². The van der Waals surface area contributed by atoms with Crippen LogP contribution in [0.1, 0.15) is 32.0 Å². The van der Waals surface area contributed by atoms with Crippen molar-refractivity contribution in [2.75, 3.05) is 10.6 Å². The van der Waals surface area contributed by atoms with Crippen molar-refractivity contribution in [2.45, 2.75) is 32.6 Å². The number of fused-ring (bicyclic) bond motifs is 1. The third kappa shape index (κ3) is 5.29. The van der Waals surface area contributed by atoms with E-state index < -0.39 is 23.6 Å². The standard InChI is InChI=1S/C26H25F2N5O2/c1-26(2,3)22-14-24(31-25(35)30-21-9-8-17(27)13-20(21)28)33(32-22)18-10-15-6-4-5-7-19(15)16(11-18)12-23(29)34/h4-11,13-14H,12H2,1-3H3,(H2,29,34)(H2,30,31,35). The van der Waals surface area contributed by atoms with Crippen LogP contribution in [0.2, 0.25) is 0 Å². The Morgan fingerprint density at radius 3 is 2.43 bits per heavy atom. The van der Waals surface area contributed by atoms with Crippen molar-refractivity contribution in [3.8, 4) is 5.69 Å². The number of carbonyl (C=O) groups excluding carboxylic acids is 2. The highest BCUT2D eigenvalue weighted by Crippen LogP contribution is 2.29. The summed E-state index contributed by atoms with van der Waals surface area (Å²) in [6, 6.07) is 15.2. The zero-order valence-electron chi connectivity index (χ0n) is 19.5. The first kappa shape index (κ1) is 23.9. The van der Waals surface area contributed by atoms with E-state index in [1.807, 2.05) is 51.1 Å². The Hall–Kier alpha value is -4.27. The molecule has 4 aromatic rings. The van der Waals surface area contributed by atoms with E-state index in [1.165, 1.54) is 0 Å². The molecule has 0 unspecified atom stereocenters. The highest BCUT2D eigenvalue weighted by atomic mass is 19.1. The molecule has 4 N–H and O–H groups in total. The lowest BCUT2D eigenvalue weighted by Gasteiger charge is -2.15. The lowest BCUT2D eigenvalue weighted by Crippen LogP contribution is -2.22. The molecule has 3 amide bonds. The number of rotatable bonds is 5. The second-order valence-electron chi connectivity index (χ2n) is 9.25. The number of nitrogens with one attached hydrogen (secondary N) is 2. The van der Waals surface area contributed by atoms with Crippen LogP contribution in [0.15, 0.2) is 60.7 Å². The predicted octanol–water partition coefficient (Wildman–Crippen LogP) is 5.27. The van der Waals surface area contributed by atoms with E-state index in [9.17, 15) is 18.4 Å². The summed E-state index contributed by atoms with van der Waals surface area (Å²) >= 11 is 0. The predicted molar refractivity (Wildman–Crippen MR) is 132 cm³/mol. The van der Waals surface area contributed by atoms with Crippen molar-refractivity contribution in [3.63, 3.8) is 0 Å². The van der Waals surface area contributed by atoms with E-state index in [-0.39, 0.29) is 17.5 Å². The molecule has 9 heteroatoms. The first-order valence-electron chi connectivity index (χ1n) is 11.0. The summed E-state index contributed by atoms with van der Waals surface area (Å²) in [6.07, 6.45) is 0.0365. The quantitative estimate of drug-likeness (QED) is 0.365. The SMILES string of the molecule is CC(C)(C)c1cc(NC(=O)Nc2ccc(F)cc2F)n(-c2cc(CC(N)=O)c3ccccc3c2)n1. The van der Waals surface area contributed by atoms with E-state index in [2.05, 4.69) is 10.6 Å². The molecule has 0 saturated heterocycles. The molecular weight excluding hydrogens is 452 g/mol. The van der Waals surface area contributed by atoms with Gasteiger partial charge in [-0.3, -0.25) is 10.1 Å². The van der Waals surface area contributed by atoms with Crippen LogP contribution in [0.5, 0.6) is 0 Å². The van der Waals surface area contributed by atoms with E-state index in [0.717, 1.165) is 28.5 Å². The summed E-state index contributed by atoms with van der Waals surface area (Å²) < 4.78 is 28.8. The van der Waals surface area contributed by atoms with Crippen LogP contribution in [-0.2, 0) is 16.6 Å². The highest BCUT2D eigenvalue weighted by molar-refractivity contribution is 5.99. The van der Waals surface area contributed by atoms with Crippen LogP contribution >= 0.6 is 0 Å². The van der Waals surface area contributed by atoms with Crippen LogP contribution in [0.4, 0.5) is 25.1 Å². The topological polar surface area (TPSA) is 102 Å². The molecule has 0 saturated carbocycles. The third-order valence-corrected chi connectivity index (χ3v) is 5.44. The molecule has 4 rings (SSSR count). The van der Waals surface area contributed by atoms with E-state index in [4.69, 9.17) is 10.8 Å². The van der Waals surface area contributed by atoms with Gasteiger partial charge in [-0.25, -0.2) is 18.3 Å². The number of hydrogen-bond donors (Lipinski definition) is 3. The summed E-state index contributed by atoms with van der Waals surface area (Å²) in [5.41, 5.74) is 7.00. The molecule has 3 aromatic carbocycles. The summed E-state index contributed by atoms with van der Waals surface area (Å²) in [5, 5.41) is 11.5. The Morgan fingerprint density at radius 2 is 1.74 bits per heavy atom. The molecule has 0 radical (unpaired) electrons. The average Bonchev–Trinajstić information content (AvgIpc) is 3.19. The van der Waals surface area contributed by atoms with Gasteiger partial charge in [-0.15, -0.1) is 0 Å². The van der Waals surface area contributed by atoms with Gasteiger partial charge in [0.05, 0.1) is 23.5 Å². The summed E-state index contributed by atoms with van der Waals surface area (Å²) in [7, 11) is 0. The molecule has 35 heavy (non-hydrogen) atoms. The van der Waals surface area contributed by atoms with Gasteiger partial charge >= 0.3 is 6.03 Å². The highest BCUT2D eigenvalue weighted by Gasteiger charge is 2.22. The number of nitrogens with zero attached hydrogens (tertiary/aromatic N) is 2. The second-order valence-corrected chi connectivity index (χ2v) is 9.25. The monoisotopic (exact) mass is 477 g/mol. The Kier molecular flexibility index (Phi) is 6.26. The second kappa shape index (κ2) is 9.17. The van der Waals surface area contributed by atoms with Crippen LogP contribution < -0.4 is 16.4 Å². The smallest absolute Gasteiger partial charge is 0.324 e. The zero-order valence-corrected chi connectivity index (χ0v) is 19.5. The number of carbonyl (C=O) groups is 2. The van der Waals surface area contributed by atoms with Crippen LogP contribution in [0, 0.1) is 11.6 Å². The van der Waals surface area contributed by atoms with Crippen molar-refractivity contribution in [3.05, 3.63) is 83.6 Å². The number of primary amides is 1. The van der Waals surface area contributed by atoms with Gasteiger partial charge in [0.25, 0.3) is 0 Å². The number of amides is 3. The summed E-state index contributed by atoms with van der Waals surface area (Å²) in [6.45, 7) is 5.95. The van der Waals surface area contributed by atoms with Gasteiger partial charge in [-0.05, 0) is 40.6 Å². The minimum Gasteiger partial charge on any atom is -0.369 e. The molecule has 0 aliphatic carbocycles. The molecule has 0 atom stereocenters. The average molecular weight is 478 g/mol. The maximum absolute atomic E-state index is 14.0. The minimum absolute atomic E-state index is 0.0365. The molecule has 1 heterocycles. The lowest BCUT2D eigenvalue weighted by molar-refractivity contribution is -0.117. The van der Waals surface area contributed by atoms with Crippen LogP contribution in [0.3, 0.4) is 0 Å². The van der Waals surface area contributed by atoms with Gasteiger partial charge in [0.15, 0.2) is 0 Å². The number of urea groups is 1. The van der Waals surface area contributed by atoms with Gasteiger partial charge in [-0.2, -0.15) is 5.10 Å². The summed E-state index contributed by atoms with van der Waals surface area (Å²) in [5.74, 6) is -1.78. The number of aromatic nitrogens is 2. The normalized spacial score (nSPS) is 11.5. The zero-order chi connectivity index (χ0) is 25.3. The third-order valence-electron chi connectivity index (χ3n) is 5.44.